The molecule has 0 aliphatic rings. The smallest absolute Gasteiger partial charge is 0.329 e. The first kappa shape index (κ1) is 31.3. The summed E-state index contributed by atoms with van der Waals surface area (Å²) in [6.07, 6.45) is 3.00. The summed E-state index contributed by atoms with van der Waals surface area (Å²) < 4.78 is 10.7. The molecule has 6 N–H and O–H groups in total. The number of imidazole rings is 1. The van der Waals surface area contributed by atoms with Crippen LogP contribution >= 0.6 is 0 Å². The third-order valence-corrected chi connectivity index (χ3v) is 4.18. The van der Waals surface area contributed by atoms with Crippen LogP contribution in [0.1, 0.15) is 88.7 Å². The first-order valence-electron chi connectivity index (χ1n) is 11.0. The van der Waals surface area contributed by atoms with Crippen LogP contribution in [-0.2, 0) is 19.1 Å². The minimum Gasteiger partial charge on any atom is -1.00 e. The van der Waals surface area contributed by atoms with Gasteiger partial charge < -0.3 is 43.2 Å². The van der Waals surface area contributed by atoms with Crippen LogP contribution in [0.5, 0.6) is 0 Å². The highest BCUT2D eigenvalue weighted by molar-refractivity contribution is 6.06. The SMILES string of the molecule is CC(NC(=O)c1nc[nH]c1C(=O)NC(CCCC[NH3+])C(=O)OC(C)(C)C)C(=O)OC(C)(C)C.[Cl-]. The number of unbranched alkanes of at least 4 members (excludes halogenated alkanes) is 1. The molecule has 34 heavy (non-hydrogen) atoms. The highest BCUT2D eigenvalue weighted by Crippen LogP contribution is 2.13. The number of hydrogen-bond donors (Lipinski definition) is 4. The van der Waals surface area contributed by atoms with E-state index in [1.807, 2.05) is 0 Å². The van der Waals surface area contributed by atoms with Crippen molar-refractivity contribution in [3.63, 3.8) is 0 Å². The molecule has 0 aromatic carbocycles. The van der Waals surface area contributed by atoms with Crippen molar-refractivity contribution in [2.75, 3.05) is 6.54 Å². The average Bonchev–Trinajstić information content (AvgIpc) is 3.14. The average molecular weight is 504 g/mol. The van der Waals surface area contributed by atoms with E-state index in [9.17, 15) is 19.2 Å². The monoisotopic (exact) mass is 503 g/mol. The van der Waals surface area contributed by atoms with E-state index in [2.05, 4.69) is 26.3 Å². The molecule has 2 atom stereocenters. The number of halogens is 1. The zero-order chi connectivity index (χ0) is 25.4. The number of H-pyrrole nitrogens is 1. The number of nitrogens with zero attached hydrogens (tertiary/aromatic N) is 1. The van der Waals surface area contributed by atoms with Gasteiger partial charge in [-0.2, -0.15) is 0 Å². The van der Waals surface area contributed by atoms with Gasteiger partial charge in [0.1, 0.15) is 29.0 Å². The first-order valence-corrected chi connectivity index (χ1v) is 11.0. The van der Waals surface area contributed by atoms with Crippen LogP contribution in [0, 0.1) is 0 Å². The number of carbonyl (C=O) groups is 4. The number of aromatic amines is 1. The van der Waals surface area contributed by atoms with Crippen LogP contribution in [0.15, 0.2) is 6.33 Å². The summed E-state index contributed by atoms with van der Waals surface area (Å²) in [5.74, 6) is -2.60. The van der Waals surface area contributed by atoms with Gasteiger partial charge in [0, 0.05) is 0 Å². The molecule has 1 heterocycles. The number of nitrogens with one attached hydrogen (secondary N) is 3. The zero-order valence-electron chi connectivity index (χ0n) is 21.0. The van der Waals surface area contributed by atoms with Gasteiger partial charge in [0.25, 0.3) is 11.8 Å². The van der Waals surface area contributed by atoms with Gasteiger partial charge in [-0.15, -0.1) is 0 Å². The van der Waals surface area contributed by atoms with Crippen molar-refractivity contribution in [2.45, 2.75) is 91.0 Å². The molecule has 11 nitrogen and oxygen atoms in total. The standard InChI is InChI=1S/C22H37N5O6.ClH/c1-13(19(30)32-21(2,3)4)26-17(28)15-16(25-12-24-15)18(29)27-14(10-8-9-11-23)20(31)33-22(5,6)7;/h12-14H,8-11,23H2,1-7H3,(H,24,25)(H,26,28)(H,27,29);1H. The number of quaternary nitrogens is 1. The van der Waals surface area contributed by atoms with Crippen LogP contribution in [0.2, 0.25) is 0 Å². The van der Waals surface area contributed by atoms with Gasteiger partial charge in [0.05, 0.1) is 12.9 Å². The molecule has 0 aliphatic carbocycles. The number of aromatic nitrogens is 2. The summed E-state index contributed by atoms with van der Waals surface area (Å²) >= 11 is 0. The van der Waals surface area contributed by atoms with Gasteiger partial charge in [-0.25, -0.2) is 14.6 Å². The molecule has 0 spiro atoms. The maximum atomic E-state index is 12.9. The van der Waals surface area contributed by atoms with Crippen LogP contribution in [-0.4, -0.2) is 63.6 Å². The summed E-state index contributed by atoms with van der Waals surface area (Å²) in [5, 5.41) is 5.10. The lowest BCUT2D eigenvalue weighted by Crippen LogP contribution is -3.00. The number of esters is 2. The van der Waals surface area contributed by atoms with Gasteiger partial charge in [-0.1, -0.05) is 0 Å². The Morgan fingerprint density at radius 3 is 2.06 bits per heavy atom. The largest absolute Gasteiger partial charge is 1.00 e. The van der Waals surface area contributed by atoms with Gasteiger partial charge in [-0.3, -0.25) is 9.59 Å². The Morgan fingerprint density at radius 2 is 1.53 bits per heavy atom. The van der Waals surface area contributed by atoms with Crippen LogP contribution < -0.4 is 28.8 Å². The van der Waals surface area contributed by atoms with Gasteiger partial charge in [0.2, 0.25) is 0 Å². The lowest BCUT2D eigenvalue weighted by Gasteiger charge is -2.24. The Bertz CT molecular complexity index is 844. The Hall–Kier alpha value is -2.66. The van der Waals surface area contributed by atoms with E-state index < -0.39 is 47.0 Å². The van der Waals surface area contributed by atoms with Crippen molar-refractivity contribution < 1.29 is 46.8 Å². The highest BCUT2D eigenvalue weighted by atomic mass is 35.5. The fourth-order valence-electron chi connectivity index (χ4n) is 2.73. The maximum absolute atomic E-state index is 12.9. The number of hydrogen-bond acceptors (Lipinski definition) is 7. The second-order valence-electron chi connectivity index (χ2n) is 9.76. The van der Waals surface area contributed by atoms with Gasteiger partial charge in [-0.05, 0) is 67.7 Å². The predicted octanol–water partition coefficient (Wildman–Crippen LogP) is -2.27. The number of rotatable bonds is 10. The highest BCUT2D eigenvalue weighted by Gasteiger charge is 2.30. The molecular formula is C22H38ClN5O6. The minimum absolute atomic E-state index is 0. The zero-order valence-corrected chi connectivity index (χ0v) is 21.8. The normalized spacial score (nSPS) is 13.2. The van der Waals surface area contributed by atoms with Crippen molar-refractivity contribution in [1.29, 1.82) is 0 Å². The van der Waals surface area contributed by atoms with E-state index in [0.29, 0.717) is 19.4 Å². The van der Waals surface area contributed by atoms with E-state index in [1.165, 1.54) is 13.3 Å². The van der Waals surface area contributed by atoms with Crippen molar-refractivity contribution in [3.8, 4) is 0 Å². The topological polar surface area (TPSA) is 167 Å². The third-order valence-electron chi connectivity index (χ3n) is 4.18. The Labute approximate surface area is 206 Å². The fourth-order valence-corrected chi connectivity index (χ4v) is 2.73. The lowest BCUT2D eigenvalue weighted by atomic mass is 10.1. The Balaban J connectivity index is 0.0000109. The van der Waals surface area contributed by atoms with Crippen LogP contribution in [0.25, 0.3) is 0 Å². The molecule has 194 valence electrons. The summed E-state index contributed by atoms with van der Waals surface area (Å²) in [5.41, 5.74) is 2.02. The second kappa shape index (κ2) is 13.3. The van der Waals surface area contributed by atoms with Gasteiger partial charge in [0.15, 0.2) is 5.69 Å². The summed E-state index contributed by atoms with van der Waals surface area (Å²) in [6.45, 7) is 12.5. The quantitative estimate of drug-likeness (QED) is 0.206. The summed E-state index contributed by atoms with van der Waals surface area (Å²) in [7, 11) is 0. The first-order chi connectivity index (χ1) is 15.1. The van der Waals surface area contributed by atoms with Crippen LogP contribution in [0.3, 0.4) is 0 Å². The molecule has 0 aliphatic heterocycles. The predicted molar refractivity (Wildman–Crippen MR) is 120 cm³/mol. The van der Waals surface area contributed by atoms with Crippen molar-refractivity contribution in [2.24, 2.45) is 0 Å². The number of carbonyl (C=O) groups excluding carboxylic acids is 4. The maximum Gasteiger partial charge on any atom is 0.329 e. The van der Waals surface area contributed by atoms with E-state index in [0.717, 1.165) is 6.42 Å². The van der Waals surface area contributed by atoms with Gasteiger partial charge >= 0.3 is 11.9 Å². The minimum atomic E-state index is -0.957. The lowest BCUT2D eigenvalue weighted by molar-refractivity contribution is -0.368. The molecule has 0 saturated heterocycles. The number of amides is 2. The molecule has 0 bridgehead atoms. The summed E-state index contributed by atoms with van der Waals surface area (Å²) in [6, 6.07) is -1.86. The Kier molecular flexibility index (Phi) is 12.2. The van der Waals surface area contributed by atoms with Crippen LogP contribution in [0.4, 0.5) is 0 Å². The van der Waals surface area contributed by atoms with E-state index in [-0.39, 0.29) is 23.8 Å². The van der Waals surface area contributed by atoms with E-state index in [4.69, 9.17) is 9.47 Å². The summed E-state index contributed by atoms with van der Waals surface area (Å²) in [4.78, 5) is 56.8. The molecule has 1 aromatic heterocycles. The van der Waals surface area contributed by atoms with Crippen molar-refractivity contribution >= 4 is 23.8 Å². The fraction of sp³-hybridized carbons (Fsp3) is 0.682. The van der Waals surface area contributed by atoms with Crippen molar-refractivity contribution in [3.05, 3.63) is 17.7 Å². The molecule has 1 rings (SSSR count). The molecular weight excluding hydrogens is 466 g/mol. The van der Waals surface area contributed by atoms with Crippen molar-refractivity contribution in [1.82, 2.24) is 20.6 Å². The molecule has 0 radical (unpaired) electrons. The van der Waals surface area contributed by atoms with E-state index >= 15 is 0 Å². The Morgan fingerprint density at radius 1 is 0.971 bits per heavy atom. The second-order valence-corrected chi connectivity index (χ2v) is 9.76. The molecule has 0 saturated carbocycles. The molecule has 12 heteroatoms. The molecule has 2 amide bonds. The molecule has 0 fully saturated rings. The third kappa shape index (κ3) is 11.0. The van der Waals surface area contributed by atoms with E-state index in [1.54, 1.807) is 41.5 Å². The number of ether oxygens (including phenoxy) is 2. The molecule has 2 unspecified atom stereocenters. The molecule has 1 aromatic rings.